The molecule has 0 unspecified atom stereocenters. The van der Waals surface area contributed by atoms with Crippen LogP contribution in [0.3, 0.4) is 0 Å². The van der Waals surface area contributed by atoms with Crippen molar-refractivity contribution in [2.75, 3.05) is 0 Å². The van der Waals surface area contributed by atoms with Gasteiger partial charge in [-0.3, -0.25) is 0 Å². The van der Waals surface area contributed by atoms with E-state index in [-0.39, 0.29) is 0 Å². The van der Waals surface area contributed by atoms with E-state index in [9.17, 15) is 0 Å². The molecule has 0 spiro atoms. The van der Waals surface area contributed by atoms with Gasteiger partial charge >= 0.3 is 0 Å². The Morgan fingerprint density at radius 1 is 0.104 bits per heavy atom. The van der Waals surface area contributed by atoms with E-state index in [1.165, 1.54) is 267 Å². The Hall–Kier alpha value is -17.8. The monoisotopic (exact) mass is 1710 g/mol. The second-order valence-electron chi connectivity index (χ2n) is 35.9. The molecule has 0 N–H and O–H groups in total. The third kappa shape index (κ3) is 12.5. The van der Waals surface area contributed by atoms with Crippen LogP contribution < -0.4 is 0 Å². The molecule has 0 aliphatic rings. The fourth-order valence-corrected chi connectivity index (χ4v) is 22.6. The molecule has 3 heterocycles. The quantitative estimate of drug-likeness (QED) is 0.135. The highest BCUT2D eigenvalue weighted by Gasteiger charge is 2.23. The van der Waals surface area contributed by atoms with Crippen LogP contribution in [0.25, 0.3) is 267 Å². The molecule has 29 aromatic rings. The number of nitrogens with zero attached hydrogens (tertiary/aromatic N) is 3. The Kier molecular flexibility index (Phi) is 18.0. The van der Waals surface area contributed by atoms with Crippen molar-refractivity contribution in [2.45, 2.75) is 0 Å². The number of benzene rings is 26. The van der Waals surface area contributed by atoms with Gasteiger partial charge in [0.1, 0.15) is 0 Å². The van der Waals surface area contributed by atoms with Crippen LogP contribution in [0.1, 0.15) is 0 Å². The summed E-state index contributed by atoms with van der Waals surface area (Å²) in [4.78, 5) is 0. The molecule has 0 bridgehead atoms. The van der Waals surface area contributed by atoms with E-state index in [1.54, 1.807) is 0 Å². The maximum atomic E-state index is 2.42. The summed E-state index contributed by atoms with van der Waals surface area (Å²) in [5.41, 5.74) is 23.2. The van der Waals surface area contributed by atoms with Gasteiger partial charge in [-0.15, -0.1) is 0 Å². The Balaban J connectivity index is 0.000000103. The number of fused-ring (bicyclic) bond motifs is 33. The van der Waals surface area contributed by atoms with Crippen molar-refractivity contribution in [1.82, 2.24) is 13.7 Å². The maximum absolute atomic E-state index is 2.42. The lowest BCUT2D eigenvalue weighted by Crippen LogP contribution is -1.93. The molecule has 29 rings (SSSR count). The van der Waals surface area contributed by atoms with Crippen molar-refractivity contribution in [3.05, 3.63) is 504 Å². The van der Waals surface area contributed by atoms with Crippen LogP contribution >= 0.6 is 0 Å². The molecule has 0 radical (unpaired) electrons. The fraction of sp³-hybridized carbons (Fsp3) is 0. The van der Waals surface area contributed by atoms with E-state index in [0.717, 1.165) is 0 Å². The molecule has 0 fully saturated rings. The number of rotatable bonds is 8. The molecule has 0 aliphatic carbocycles. The van der Waals surface area contributed by atoms with E-state index in [4.69, 9.17) is 0 Å². The first-order chi connectivity index (χ1) is 67.0. The first-order valence-corrected chi connectivity index (χ1v) is 46.8. The smallest absolute Gasteiger partial charge is 0.0547 e. The van der Waals surface area contributed by atoms with Gasteiger partial charge in [0.15, 0.2) is 0 Å². The standard InChI is InChI=1S/C46H29N.C44H27N.C42H27N/c1-2-12-33(13-3-1)47-44-21-11-10-18-38(44)39-27-26-32(28-45(39)47)30-22-24-31(25-23-30)42-29-43-36-16-5-4-14-34(36)35-15-6-8-19-40(35)46(43)41-20-9-7-17-37(41)42;1-4-16-37-31(11-1)32-12-2-6-18-39(32)44-40-27-29(23-26-34(40)33-13-3-5-17-38(33)43(37)44)28-21-24-30(25-22-28)45-41-19-9-7-14-35(41)36-15-8-10-20-42(36)45;1-2-11-32(12-3-1)43-41-17-9-8-16-37(41)38-25-23-31(26-42(38)43)28-18-20-30(21-19-28)39-27-40-33-13-5-4-10-29(33)22-24-36(40)34-14-6-7-15-35(34)39/h1-29H;1-27H;1-27H. The van der Waals surface area contributed by atoms with Gasteiger partial charge in [0.05, 0.1) is 33.1 Å². The predicted octanol–water partition coefficient (Wildman–Crippen LogP) is 36.5. The number of aromatic nitrogens is 3. The zero-order valence-corrected chi connectivity index (χ0v) is 73.8. The van der Waals surface area contributed by atoms with Crippen LogP contribution in [0, 0.1) is 0 Å². The van der Waals surface area contributed by atoms with E-state index in [1.807, 2.05) is 0 Å². The summed E-state index contributed by atoms with van der Waals surface area (Å²) >= 11 is 0. The van der Waals surface area contributed by atoms with E-state index in [0.29, 0.717) is 0 Å². The van der Waals surface area contributed by atoms with Gasteiger partial charge in [-0.1, -0.05) is 413 Å². The summed E-state index contributed by atoms with van der Waals surface area (Å²) in [6, 6.07) is 184. The molecule has 3 nitrogen and oxygen atoms in total. The second kappa shape index (κ2) is 31.5. The topological polar surface area (TPSA) is 14.8 Å². The first kappa shape index (κ1) is 77.2. The molecule has 0 aliphatic heterocycles. The van der Waals surface area contributed by atoms with Crippen LogP contribution in [-0.4, -0.2) is 13.7 Å². The minimum atomic E-state index is 1.17. The average molecular weight is 1710 g/mol. The third-order valence-electron chi connectivity index (χ3n) is 28.7. The zero-order chi connectivity index (χ0) is 88.7. The molecule has 0 atom stereocenters. The summed E-state index contributed by atoms with van der Waals surface area (Å²) in [7, 11) is 0. The van der Waals surface area contributed by atoms with E-state index >= 15 is 0 Å². The molecule has 26 aromatic carbocycles. The summed E-state index contributed by atoms with van der Waals surface area (Å²) in [5.74, 6) is 0. The highest BCUT2D eigenvalue weighted by molar-refractivity contribution is 6.40. The van der Waals surface area contributed by atoms with E-state index in [2.05, 4.69) is 517 Å². The Labute approximate surface area is 779 Å². The summed E-state index contributed by atoms with van der Waals surface area (Å²) in [6.45, 7) is 0. The van der Waals surface area contributed by atoms with E-state index < -0.39 is 0 Å². The summed E-state index contributed by atoms with van der Waals surface area (Å²) < 4.78 is 7.15. The van der Waals surface area contributed by atoms with Gasteiger partial charge in [0.2, 0.25) is 0 Å². The third-order valence-corrected chi connectivity index (χ3v) is 28.7. The Bertz CT molecular complexity index is 9840. The Morgan fingerprint density at radius 3 is 0.763 bits per heavy atom. The lowest BCUT2D eigenvalue weighted by Gasteiger charge is -2.17. The molecule has 626 valence electrons. The highest BCUT2D eigenvalue weighted by Crippen LogP contribution is 2.49. The molecule has 0 saturated carbocycles. The van der Waals surface area contributed by atoms with Crippen molar-refractivity contribution >= 4 is 195 Å². The van der Waals surface area contributed by atoms with Gasteiger partial charge < -0.3 is 13.7 Å². The van der Waals surface area contributed by atoms with Gasteiger partial charge in [-0.2, -0.15) is 0 Å². The zero-order valence-electron chi connectivity index (χ0n) is 73.8. The number of hydrogen-bond acceptors (Lipinski definition) is 0. The number of para-hydroxylation sites is 6. The van der Waals surface area contributed by atoms with Crippen molar-refractivity contribution in [3.8, 4) is 72.7 Å². The van der Waals surface area contributed by atoms with Crippen LogP contribution in [-0.2, 0) is 0 Å². The van der Waals surface area contributed by atoms with Gasteiger partial charge in [-0.25, -0.2) is 0 Å². The van der Waals surface area contributed by atoms with Gasteiger partial charge in [0.25, 0.3) is 0 Å². The van der Waals surface area contributed by atoms with Crippen molar-refractivity contribution in [1.29, 1.82) is 0 Å². The first-order valence-electron chi connectivity index (χ1n) is 46.8. The van der Waals surface area contributed by atoms with Crippen molar-refractivity contribution < 1.29 is 0 Å². The van der Waals surface area contributed by atoms with Gasteiger partial charge in [0, 0.05) is 49.4 Å². The lowest BCUT2D eigenvalue weighted by atomic mass is 9.86. The lowest BCUT2D eigenvalue weighted by molar-refractivity contribution is 1.18. The van der Waals surface area contributed by atoms with Gasteiger partial charge in [-0.05, 0) is 276 Å². The molecule has 3 heteroatoms. The van der Waals surface area contributed by atoms with Crippen LogP contribution in [0.2, 0.25) is 0 Å². The predicted molar refractivity (Wildman–Crippen MR) is 580 cm³/mol. The minimum absolute atomic E-state index is 1.17. The van der Waals surface area contributed by atoms with Crippen molar-refractivity contribution in [3.63, 3.8) is 0 Å². The Morgan fingerprint density at radius 2 is 0.333 bits per heavy atom. The fourth-order valence-electron chi connectivity index (χ4n) is 22.6. The molecular weight excluding hydrogens is 1630 g/mol. The number of hydrogen-bond donors (Lipinski definition) is 0. The average Bonchev–Trinajstić information content (AvgIpc) is 1.62. The van der Waals surface area contributed by atoms with Crippen molar-refractivity contribution in [2.24, 2.45) is 0 Å². The molecule has 3 aromatic heterocycles. The summed E-state index contributed by atoms with van der Waals surface area (Å²) in [6.07, 6.45) is 0. The maximum Gasteiger partial charge on any atom is 0.0547 e. The molecule has 0 saturated heterocycles. The summed E-state index contributed by atoms with van der Waals surface area (Å²) in [5, 5.41) is 38.9. The van der Waals surface area contributed by atoms with Crippen LogP contribution in [0.15, 0.2) is 504 Å². The highest BCUT2D eigenvalue weighted by atomic mass is 15.0. The molecule has 135 heavy (non-hydrogen) atoms. The molecule has 0 amide bonds. The normalized spacial score (nSPS) is 11.9. The minimum Gasteiger partial charge on any atom is -0.309 e. The van der Waals surface area contributed by atoms with Crippen LogP contribution in [0.5, 0.6) is 0 Å². The second-order valence-corrected chi connectivity index (χ2v) is 35.9. The van der Waals surface area contributed by atoms with Crippen LogP contribution in [0.4, 0.5) is 0 Å². The SMILES string of the molecule is c1ccc(-n2c3ccccc3c3ccc(-c4ccc(-c5cc6c7ccccc7c7ccccc7c6c6ccccc56)cc4)cc32)cc1.c1ccc(-n2c3ccccc3c3ccc(-c4ccc(-c5cc6c7ccccc7ccc6c6ccccc56)cc4)cc32)cc1.c1ccc2c(c1)c1ccccc1c1c3cc(-c4ccc(-n5c6ccccc6c6ccccc65)cc4)ccc3c3ccccc3c21. The molecular formula is C132H83N3. The largest absolute Gasteiger partial charge is 0.309 e.